The van der Waals surface area contributed by atoms with E-state index in [1.807, 2.05) is 81.4 Å². The van der Waals surface area contributed by atoms with Gasteiger partial charge in [0.05, 0.1) is 29.6 Å². The van der Waals surface area contributed by atoms with Crippen molar-refractivity contribution in [2.24, 2.45) is 29.0 Å². The molecule has 0 saturated heterocycles. The molecular formula is C36H45N5O7S. The Balaban J connectivity index is 0.000000501. The van der Waals surface area contributed by atoms with Crippen molar-refractivity contribution in [1.29, 1.82) is 0 Å². The van der Waals surface area contributed by atoms with E-state index in [1.165, 1.54) is 12.1 Å². The second-order valence-corrected chi connectivity index (χ2v) is 13.9. The van der Waals surface area contributed by atoms with E-state index in [4.69, 9.17) is 10.4 Å². The first-order valence-electron chi connectivity index (χ1n) is 15.9. The summed E-state index contributed by atoms with van der Waals surface area (Å²) in [5, 5.41) is 9.91. The zero-order valence-electron chi connectivity index (χ0n) is 27.9. The lowest BCUT2D eigenvalue weighted by Crippen LogP contribution is -2.55. The lowest BCUT2D eigenvalue weighted by atomic mass is 9.59. The summed E-state index contributed by atoms with van der Waals surface area (Å²) in [6.07, 6.45) is 6.04. The maximum atomic E-state index is 14.4. The van der Waals surface area contributed by atoms with E-state index >= 15 is 0 Å². The molecule has 2 amide bonds. The molecule has 0 spiro atoms. The molecule has 4 rings (SSSR count). The Labute approximate surface area is 287 Å². The minimum Gasteiger partial charge on any atom is -0.330 e. The summed E-state index contributed by atoms with van der Waals surface area (Å²) in [5.74, 6) is 1.86. The summed E-state index contributed by atoms with van der Waals surface area (Å²) in [7, 11) is -4.02. The normalized spacial score (nSPS) is 13.7. The first kappa shape index (κ1) is 38.8. The van der Waals surface area contributed by atoms with E-state index in [-0.39, 0.29) is 36.0 Å². The highest BCUT2D eigenvalue weighted by molar-refractivity contribution is 7.85. The predicted octanol–water partition coefficient (Wildman–Crippen LogP) is 4.33. The summed E-state index contributed by atoms with van der Waals surface area (Å²) >= 11 is 0. The van der Waals surface area contributed by atoms with Crippen LogP contribution in [0.2, 0.25) is 0 Å². The number of rotatable bonds is 15. The fraction of sp³-hybridized carbons (Fsp3) is 0.333. The van der Waals surface area contributed by atoms with Crippen LogP contribution in [0.1, 0.15) is 43.4 Å². The van der Waals surface area contributed by atoms with Crippen molar-refractivity contribution in [2.75, 3.05) is 0 Å². The van der Waals surface area contributed by atoms with Crippen molar-refractivity contribution in [3.8, 4) is 0 Å². The van der Waals surface area contributed by atoms with Gasteiger partial charge in [0.25, 0.3) is 10.1 Å². The summed E-state index contributed by atoms with van der Waals surface area (Å²) in [6, 6.07) is 25.1. The van der Waals surface area contributed by atoms with E-state index in [9.17, 15) is 28.0 Å². The number of Topliss-reactive ketones (excluding diaryl/α,β-unsaturated/α-hetero) is 1. The SMILES string of the molecule is CC(C)C[C@@H](C(=O)NN)[C@H](C(=O)NO)C(CCc1ccccc1)(Cc1ccccc1)C(=O)Cn1ccnc1.Cc1ccc(S(=O)(=O)O)cc1. The minimum absolute atomic E-state index is 0.0126. The molecule has 49 heavy (non-hydrogen) atoms. The largest absolute Gasteiger partial charge is 0.330 e. The van der Waals surface area contributed by atoms with Gasteiger partial charge in [-0.05, 0) is 61.8 Å². The van der Waals surface area contributed by atoms with Crippen molar-refractivity contribution >= 4 is 27.7 Å². The number of amides is 2. The van der Waals surface area contributed by atoms with Crippen LogP contribution in [0.25, 0.3) is 0 Å². The maximum absolute atomic E-state index is 14.4. The average molecular weight is 692 g/mol. The smallest absolute Gasteiger partial charge is 0.294 e. The van der Waals surface area contributed by atoms with Crippen molar-refractivity contribution in [2.45, 2.75) is 57.9 Å². The molecule has 4 aromatic rings. The van der Waals surface area contributed by atoms with E-state index in [0.29, 0.717) is 12.8 Å². The van der Waals surface area contributed by atoms with Crippen LogP contribution in [0.4, 0.5) is 0 Å². The van der Waals surface area contributed by atoms with Gasteiger partial charge in [0, 0.05) is 17.8 Å². The lowest BCUT2D eigenvalue weighted by molar-refractivity contribution is -0.154. The number of nitrogens with two attached hydrogens (primary N) is 1. The van der Waals surface area contributed by atoms with Crippen LogP contribution in [-0.4, -0.2) is 45.3 Å². The molecule has 0 aliphatic carbocycles. The molecule has 0 saturated carbocycles. The Morgan fingerprint density at radius 1 is 0.918 bits per heavy atom. The van der Waals surface area contributed by atoms with Gasteiger partial charge in [-0.1, -0.05) is 92.2 Å². The van der Waals surface area contributed by atoms with Crippen LogP contribution < -0.4 is 16.7 Å². The molecule has 262 valence electrons. The number of aryl methyl sites for hydroxylation is 2. The number of hydrogen-bond acceptors (Lipinski definition) is 8. The number of hydrazine groups is 1. The number of aromatic nitrogens is 2. The first-order valence-corrected chi connectivity index (χ1v) is 17.3. The fourth-order valence-electron chi connectivity index (χ4n) is 6.05. The molecule has 0 radical (unpaired) electrons. The van der Waals surface area contributed by atoms with Crippen molar-refractivity contribution < 1.29 is 32.6 Å². The molecule has 13 heteroatoms. The van der Waals surface area contributed by atoms with Crippen LogP contribution in [-0.2, 0) is 43.9 Å². The Kier molecular flexibility index (Phi) is 14.4. The third kappa shape index (κ3) is 11.2. The molecule has 0 fully saturated rings. The standard InChI is InChI=1S/C29H37N5O4.C7H8O3S/c1-21(2)17-24(27(36)32-30)26(28(37)33-38)29(18-23-11-7-4-8-12-23,14-13-22-9-5-3-6-10-22)25(35)19-34-16-15-31-20-34;1-6-2-4-7(5-3-6)11(8,9)10/h3-12,15-16,20-21,24,26,38H,13-14,17-19,30H2,1-2H3,(H,32,36)(H,33,37);2-5H,1H3,(H,8,9,10)/t24-,26-,29?;/m1./s1. The molecule has 0 aliphatic rings. The van der Waals surface area contributed by atoms with Gasteiger partial charge in [0.2, 0.25) is 11.8 Å². The Bertz CT molecular complexity index is 1730. The highest BCUT2D eigenvalue weighted by atomic mass is 32.2. The van der Waals surface area contributed by atoms with Gasteiger partial charge in [-0.2, -0.15) is 8.42 Å². The summed E-state index contributed by atoms with van der Waals surface area (Å²) in [6.45, 7) is 5.66. The summed E-state index contributed by atoms with van der Waals surface area (Å²) < 4.78 is 31.2. The number of carbonyl (C=O) groups is 3. The molecule has 1 heterocycles. The van der Waals surface area contributed by atoms with Gasteiger partial charge in [0.15, 0.2) is 5.78 Å². The predicted molar refractivity (Wildman–Crippen MR) is 184 cm³/mol. The molecule has 3 aromatic carbocycles. The van der Waals surface area contributed by atoms with Crippen LogP contribution >= 0.6 is 0 Å². The molecule has 6 N–H and O–H groups in total. The molecule has 3 atom stereocenters. The average Bonchev–Trinajstić information content (AvgIpc) is 3.60. The monoisotopic (exact) mass is 691 g/mol. The van der Waals surface area contributed by atoms with Gasteiger partial charge < -0.3 is 4.57 Å². The van der Waals surface area contributed by atoms with E-state index in [1.54, 1.807) is 40.9 Å². The van der Waals surface area contributed by atoms with Crippen LogP contribution in [0.3, 0.4) is 0 Å². The zero-order chi connectivity index (χ0) is 36.0. The number of benzene rings is 3. The van der Waals surface area contributed by atoms with Gasteiger partial charge >= 0.3 is 0 Å². The number of hydroxylamine groups is 1. The number of imidazole rings is 1. The summed E-state index contributed by atoms with van der Waals surface area (Å²) in [5.41, 5.74) is 5.39. The Hall–Kier alpha value is -4.69. The zero-order valence-corrected chi connectivity index (χ0v) is 28.7. The number of ketones is 1. The molecule has 0 bridgehead atoms. The Morgan fingerprint density at radius 3 is 2.00 bits per heavy atom. The number of carbonyl (C=O) groups excluding carboxylic acids is 3. The maximum Gasteiger partial charge on any atom is 0.294 e. The topological polar surface area (TPSA) is 194 Å². The molecule has 1 aromatic heterocycles. The highest BCUT2D eigenvalue weighted by Gasteiger charge is 2.53. The minimum atomic E-state index is -4.02. The third-order valence-electron chi connectivity index (χ3n) is 8.42. The van der Waals surface area contributed by atoms with Crippen molar-refractivity contribution in [1.82, 2.24) is 20.5 Å². The summed E-state index contributed by atoms with van der Waals surface area (Å²) in [4.78, 5) is 45.2. The molecule has 0 aliphatic heterocycles. The molecular weight excluding hydrogens is 646 g/mol. The van der Waals surface area contributed by atoms with E-state index < -0.39 is 39.2 Å². The highest BCUT2D eigenvalue weighted by Crippen LogP contribution is 2.44. The van der Waals surface area contributed by atoms with Crippen molar-refractivity contribution in [3.05, 3.63) is 120 Å². The Morgan fingerprint density at radius 2 is 1.51 bits per heavy atom. The number of nitrogens with one attached hydrogen (secondary N) is 2. The quantitative estimate of drug-likeness (QED) is 0.0397. The van der Waals surface area contributed by atoms with Crippen LogP contribution in [0.15, 0.2) is 109 Å². The molecule has 1 unspecified atom stereocenters. The van der Waals surface area contributed by atoms with E-state index in [0.717, 1.165) is 16.7 Å². The third-order valence-corrected chi connectivity index (χ3v) is 9.29. The fourth-order valence-corrected chi connectivity index (χ4v) is 6.53. The van der Waals surface area contributed by atoms with Gasteiger partial charge in [-0.3, -0.25) is 29.6 Å². The van der Waals surface area contributed by atoms with Crippen LogP contribution in [0.5, 0.6) is 0 Å². The second-order valence-electron chi connectivity index (χ2n) is 12.4. The van der Waals surface area contributed by atoms with Crippen LogP contribution in [0, 0.1) is 30.1 Å². The van der Waals surface area contributed by atoms with Gasteiger partial charge in [-0.25, -0.2) is 16.3 Å². The number of hydrogen-bond donors (Lipinski definition) is 5. The molecule has 12 nitrogen and oxygen atoms in total. The van der Waals surface area contributed by atoms with Gasteiger partial charge in [-0.15, -0.1) is 0 Å². The number of nitrogens with zero attached hydrogens (tertiary/aromatic N) is 2. The van der Waals surface area contributed by atoms with Gasteiger partial charge in [0.1, 0.15) is 0 Å². The van der Waals surface area contributed by atoms with E-state index in [2.05, 4.69) is 10.4 Å². The second kappa shape index (κ2) is 18.2. The first-order chi connectivity index (χ1) is 23.3. The van der Waals surface area contributed by atoms with Crippen molar-refractivity contribution in [3.63, 3.8) is 0 Å². The lowest BCUT2D eigenvalue weighted by Gasteiger charge is -2.42.